The van der Waals surface area contributed by atoms with Crippen LogP contribution in [-0.4, -0.2) is 9.97 Å². The number of hydrogen-bond acceptors (Lipinski definition) is 4. The molecule has 0 spiro atoms. The van der Waals surface area contributed by atoms with Crippen molar-refractivity contribution in [1.29, 1.82) is 10.5 Å². The maximum Gasteiger partial charge on any atom is 0.177 e. The van der Waals surface area contributed by atoms with Gasteiger partial charge in [0.15, 0.2) is 11.4 Å². The van der Waals surface area contributed by atoms with Gasteiger partial charge in [-0.3, -0.25) is 0 Å². The van der Waals surface area contributed by atoms with Crippen LogP contribution in [0.5, 0.6) is 0 Å². The summed E-state index contributed by atoms with van der Waals surface area (Å²) >= 11 is 0. The van der Waals surface area contributed by atoms with E-state index < -0.39 is 23.6 Å². The van der Waals surface area contributed by atoms with Crippen LogP contribution in [0, 0.1) is 34.5 Å². The second-order valence-corrected chi connectivity index (χ2v) is 3.95. The monoisotopic (exact) mass is 210 g/mol. The highest BCUT2D eigenvalue weighted by Crippen LogP contribution is 2.70. The average molecular weight is 210 g/mol. The van der Waals surface area contributed by atoms with Gasteiger partial charge in [-0.15, -0.1) is 0 Å². The van der Waals surface area contributed by atoms with Gasteiger partial charge in [0, 0.05) is 14.6 Å². The zero-order chi connectivity index (χ0) is 14.4. The molecule has 0 bridgehead atoms. The van der Waals surface area contributed by atoms with E-state index in [0.717, 1.165) is 0 Å². The number of fused-ring (bicyclic) bond motifs is 4. The van der Waals surface area contributed by atoms with E-state index >= 15 is 0 Å². The molecule has 0 radical (unpaired) electrons. The van der Waals surface area contributed by atoms with Crippen molar-refractivity contribution in [3.63, 3.8) is 0 Å². The molecule has 0 saturated heterocycles. The molecule has 1 fully saturated rings. The van der Waals surface area contributed by atoms with Crippen LogP contribution in [0.2, 0.25) is 0 Å². The summed E-state index contributed by atoms with van der Waals surface area (Å²) in [5, 5.41) is 18.0. The van der Waals surface area contributed by atoms with Crippen LogP contribution in [0.15, 0.2) is 12.1 Å². The number of nitriles is 2. The Kier molecular flexibility index (Phi) is 0.753. The summed E-state index contributed by atoms with van der Waals surface area (Å²) in [5.41, 5.74) is 0.213. The SMILES string of the molecule is [2H]C1=C([2H])C2([2H])C3c4nc(C#N)c(C#N)nc4C1([2H])C32. The first-order valence-corrected chi connectivity index (χ1v) is 4.83. The second kappa shape index (κ2) is 2.31. The standard InChI is InChI=1S/C12H6N4/c13-3-7-8(4-14)16-12-10-5-1-2-6(9(5)10)11(12)15-7/h1-2,5-6,9-10H/i1D,2D,5D,6D. The zero-order valence-electron chi connectivity index (χ0n) is 11.9. The van der Waals surface area contributed by atoms with E-state index in [1.165, 1.54) is 0 Å². The third-order valence-electron chi connectivity index (χ3n) is 3.23. The predicted octanol–water partition coefficient (Wildman–Crippen LogP) is 1.22. The van der Waals surface area contributed by atoms with Gasteiger partial charge in [0.05, 0.1) is 14.1 Å². The van der Waals surface area contributed by atoms with E-state index in [0.29, 0.717) is 5.69 Å². The lowest BCUT2D eigenvalue weighted by molar-refractivity contribution is 0.729. The largest absolute Gasteiger partial charge is 0.237 e. The first-order valence-electron chi connectivity index (χ1n) is 6.83. The summed E-state index contributed by atoms with van der Waals surface area (Å²) in [6.07, 6.45) is 0. The fraction of sp³-hybridized carbons (Fsp3) is 0.333. The van der Waals surface area contributed by atoms with Gasteiger partial charge < -0.3 is 0 Å². The molecule has 4 nitrogen and oxygen atoms in total. The Balaban J connectivity index is 2.06. The van der Waals surface area contributed by atoms with E-state index in [2.05, 4.69) is 9.97 Å². The molecule has 1 heterocycles. The lowest BCUT2D eigenvalue weighted by Crippen LogP contribution is -2.05. The lowest BCUT2D eigenvalue weighted by Gasteiger charge is -2.06. The van der Waals surface area contributed by atoms with Crippen molar-refractivity contribution in [2.45, 2.75) is 11.8 Å². The van der Waals surface area contributed by atoms with Crippen molar-refractivity contribution in [2.75, 3.05) is 0 Å². The third-order valence-corrected chi connectivity index (χ3v) is 3.23. The molecular formula is C12H6N4. The Morgan fingerprint density at radius 1 is 1.19 bits per heavy atom. The van der Waals surface area contributed by atoms with E-state index in [-0.39, 0.29) is 29.2 Å². The number of rotatable bonds is 0. The maximum absolute atomic E-state index is 8.98. The molecule has 4 heteroatoms. The minimum absolute atomic E-state index is 0.122. The molecular weight excluding hydrogens is 200 g/mol. The third kappa shape index (κ3) is 0.686. The van der Waals surface area contributed by atoms with Gasteiger partial charge in [-0.05, 0) is 11.8 Å². The zero-order valence-corrected chi connectivity index (χ0v) is 7.94. The van der Waals surface area contributed by atoms with Gasteiger partial charge in [-0.1, -0.05) is 12.1 Å². The van der Waals surface area contributed by atoms with Crippen LogP contribution < -0.4 is 0 Å². The highest BCUT2D eigenvalue weighted by atomic mass is 14.9. The summed E-state index contributed by atoms with van der Waals surface area (Å²) in [5.74, 6) is -3.83. The Labute approximate surface area is 97.5 Å². The Hall–Kier alpha value is -2.20. The number of nitrogens with zero attached hydrogens (tertiary/aromatic N) is 4. The van der Waals surface area contributed by atoms with Crippen molar-refractivity contribution in [3.05, 3.63) is 34.9 Å². The van der Waals surface area contributed by atoms with Gasteiger partial charge in [-0.25, -0.2) is 9.97 Å². The van der Waals surface area contributed by atoms with Crippen molar-refractivity contribution < 1.29 is 5.48 Å². The van der Waals surface area contributed by atoms with Gasteiger partial charge >= 0.3 is 0 Å². The molecule has 74 valence electrons. The van der Waals surface area contributed by atoms with Gasteiger partial charge in [0.2, 0.25) is 0 Å². The minimum atomic E-state index is -1.56. The van der Waals surface area contributed by atoms with Crippen LogP contribution in [-0.2, 0) is 0 Å². The normalized spacial score (nSPS) is 49.1. The lowest BCUT2D eigenvalue weighted by atomic mass is 10.1. The quantitative estimate of drug-likeness (QED) is 0.603. The molecule has 1 aromatic rings. The summed E-state index contributed by atoms with van der Waals surface area (Å²) in [4.78, 5) is 8.12. The van der Waals surface area contributed by atoms with Crippen LogP contribution >= 0.6 is 0 Å². The summed E-state index contributed by atoms with van der Waals surface area (Å²) in [6.45, 7) is 0. The molecule has 0 amide bonds. The van der Waals surface area contributed by atoms with Crippen molar-refractivity contribution in [3.8, 4) is 12.1 Å². The number of aromatic nitrogens is 2. The van der Waals surface area contributed by atoms with E-state index in [4.69, 9.17) is 16.0 Å². The van der Waals surface area contributed by atoms with Gasteiger partial charge in [-0.2, -0.15) is 10.5 Å². The molecule has 0 aromatic carbocycles. The van der Waals surface area contributed by atoms with Crippen molar-refractivity contribution in [1.82, 2.24) is 9.97 Å². The molecule has 0 N–H and O–H groups in total. The van der Waals surface area contributed by atoms with E-state index in [1.54, 1.807) is 12.1 Å². The fourth-order valence-electron chi connectivity index (χ4n) is 2.49. The van der Waals surface area contributed by atoms with Crippen LogP contribution in [0.25, 0.3) is 0 Å². The van der Waals surface area contributed by atoms with Crippen molar-refractivity contribution >= 4 is 0 Å². The van der Waals surface area contributed by atoms with E-state index in [9.17, 15) is 0 Å². The van der Waals surface area contributed by atoms with Gasteiger partial charge in [0.1, 0.15) is 12.1 Å². The molecule has 3 aliphatic rings. The molecule has 4 unspecified atom stereocenters. The van der Waals surface area contributed by atoms with E-state index in [1.807, 2.05) is 0 Å². The molecule has 16 heavy (non-hydrogen) atoms. The highest BCUT2D eigenvalue weighted by Gasteiger charge is 2.63. The maximum atomic E-state index is 8.98. The predicted molar refractivity (Wildman–Crippen MR) is 53.1 cm³/mol. The fourth-order valence-corrected chi connectivity index (χ4v) is 2.49. The average Bonchev–Trinajstić information content (AvgIpc) is 2.96. The van der Waals surface area contributed by atoms with Crippen LogP contribution in [0.3, 0.4) is 0 Å². The van der Waals surface area contributed by atoms with Crippen molar-refractivity contribution in [2.24, 2.45) is 11.8 Å². The summed E-state index contributed by atoms with van der Waals surface area (Å²) in [6, 6.07) is 3.15. The van der Waals surface area contributed by atoms with Crippen LogP contribution in [0.4, 0.5) is 0 Å². The highest BCUT2D eigenvalue weighted by molar-refractivity contribution is 5.51. The molecule has 4 rings (SSSR count). The number of hydrogen-bond donors (Lipinski definition) is 0. The summed E-state index contributed by atoms with van der Waals surface area (Å²) < 4.78 is 32.6. The number of allylic oxidation sites excluding steroid dienone is 2. The Morgan fingerprint density at radius 2 is 1.88 bits per heavy atom. The Bertz CT molecular complexity index is 820. The molecule has 1 aromatic heterocycles. The minimum Gasteiger partial charge on any atom is -0.237 e. The first-order chi connectivity index (χ1) is 9.42. The molecule has 3 aliphatic carbocycles. The molecule has 0 aliphatic heterocycles. The van der Waals surface area contributed by atoms with Gasteiger partial charge in [0.25, 0.3) is 0 Å². The molecule has 4 atom stereocenters. The topological polar surface area (TPSA) is 73.4 Å². The second-order valence-electron chi connectivity index (χ2n) is 3.95. The molecule has 1 saturated carbocycles. The first kappa shape index (κ1) is 5.23. The Morgan fingerprint density at radius 3 is 2.56 bits per heavy atom. The smallest absolute Gasteiger partial charge is 0.177 e. The summed E-state index contributed by atoms with van der Waals surface area (Å²) in [7, 11) is 0. The van der Waals surface area contributed by atoms with Crippen LogP contribution in [0.1, 0.15) is 40.1 Å².